The molecule has 0 amide bonds. The maximum absolute atomic E-state index is 10.3. The predicted octanol–water partition coefficient (Wildman–Crippen LogP) is 1.72. The van der Waals surface area contributed by atoms with E-state index in [0.29, 0.717) is 6.04 Å². The largest absolute Gasteiger partial charge is 0.391 e. The van der Waals surface area contributed by atoms with Gasteiger partial charge in [0.05, 0.1) is 6.10 Å². The monoisotopic (exact) mass is 231 g/mol. The molecule has 2 saturated heterocycles. The van der Waals surface area contributed by atoms with E-state index in [1.54, 1.807) is 0 Å². The predicted molar refractivity (Wildman–Crippen MR) is 69.0 cm³/mol. The zero-order chi connectivity index (χ0) is 10.7. The first-order valence-electron chi connectivity index (χ1n) is 6.41. The normalized spacial score (nSPS) is 34.1. The number of aliphatic hydroxyl groups is 1. The molecule has 0 aromatic carbocycles. The fraction of sp³-hybridized carbons (Fsp3) is 1.00. The summed E-state index contributed by atoms with van der Waals surface area (Å²) in [6, 6.07) is 0.404. The summed E-state index contributed by atoms with van der Waals surface area (Å²) in [6.07, 6.45) is 5.18. The van der Waals surface area contributed by atoms with Crippen molar-refractivity contribution in [3.8, 4) is 0 Å². The van der Waals surface area contributed by atoms with E-state index >= 15 is 0 Å². The Bertz CT molecular complexity index is 198. The minimum atomic E-state index is -0.426. The maximum Gasteiger partial charge on any atom is 0.0768 e. The SMILES string of the molecule is CCS1(CC(O)C2CCCN2)CCCC1. The molecule has 0 aliphatic carbocycles. The fourth-order valence-electron chi connectivity index (χ4n) is 3.01. The number of hydrogen-bond acceptors (Lipinski definition) is 2. The van der Waals surface area contributed by atoms with Crippen molar-refractivity contribution in [1.82, 2.24) is 5.32 Å². The van der Waals surface area contributed by atoms with Gasteiger partial charge in [0.15, 0.2) is 0 Å². The van der Waals surface area contributed by atoms with Crippen molar-refractivity contribution in [3.05, 3.63) is 0 Å². The molecule has 0 spiro atoms. The zero-order valence-corrected chi connectivity index (χ0v) is 10.7. The third-order valence-electron chi connectivity index (χ3n) is 4.10. The molecule has 0 radical (unpaired) electrons. The highest BCUT2D eigenvalue weighted by atomic mass is 32.3. The lowest BCUT2D eigenvalue weighted by molar-refractivity contribution is 0.158. The molecule has 2 rings (SSSR count). The van der Waals surface area contributed by atoms with Crippen LogP contribution in [0.2, 0.25) is 0 Å². The van der Waals surface area contributed by atoms with Crippen LogP contribution in [0.25, 0.3) is 0 Å². The van der Waals surface area contributed by atoms with Crippen LogP contribution in [-0.4, -0.2) is 46.8 Å². The van der Waals surface area contributed by atoms with Crippen LogP contribution in [-0.2, 0) is 0 Å². The second kappa shape index (κ2) is 5.07. The summed E-state index contributed by atoms with van der Waals surface area (Å²) in [5.41, 5.74) is 0. The maximum atomic E-state index is 10.3. The van der Waals surface area contributed by atoms with Gasteiger partial charge in [-0.05, 0) is 49.5 Å². The Balaban J connectivity index is 1.88. The highest BCUT2D eigenvalue weighted by Gasteiger charge is 2.32. The third-order valence-corrected chi connectivity index (χ3v) is 8.69. The van der Waals surface area contributed by atoms with Crippen molar-refractivity contribution in [1.29, 1.82) is 0 Å². The molecule has 2 heterocycles. The van der Waals surface area contributed by atoms with Crippen LogP contribution >= 0.6 is 10.0 Å². The molecule has 2 fully saturated rings. The number of nitrogens with one attached hydrogen (secondary N) is 1. The molecule has 2 N–H and O–H groups in total. The van der Waals surface area contributed by atoms with E-state index in [0.717, 1.165) is 12.3 Å². The standard InChI is InChI=1S/C12H25NOS/c1-2-15(8-3-4-9-15)10-12(14)11-6-5-7-13-11/h11-14H,2-10H2,1H3. The molecule has 0 saturated carbocycles. The molecule has 0 aromatic rings. The Morgan fingerprint density at radius 3 is 2.60 bits per heavy atom. The first kappa shape index (κ1) is 11.7. The Kier molecular flexibility index (Phi) is 3.97. The van der Waals surface area contributed by atoms with Crippen LogP contribution in [0.4, 0.5) is 0 Å². The van der Waals surface area contributed by atoms with Gasteiger partial charge in [-0.2, -0.15) is 0 Å². The van der Waals surface area contributed by atoms with Crippen LogP contribution in [0.1, 0.15) is 32.6 Å². The molecule has 2 aliphatic heterocycles. The summed E-state index contributed by atoms with van der Waals surface area (Å²) in [5, 5.41) is 13.7. The Hall–Kier alpha value is 0.270. The van der Waals surface area contributed by atoms with E-state index in [1.807, 2.05) is 0 Å². The quantitative estimate of drug-likeness (QED) is 0.772. The summed E-state index contributed by atoms with van der Waals surface area (Å²) < 4.78 is 0. The lowest BCUT2D eigenvalue weighted by atomic mass is 10.1. The number of rotatable bonds is 4. The summed E-state index contributed by atoms with van der Waals surface area (Å²) in [7, 11) is -0.426. The van der Waals surface area contributed by atoms with Crippen molar-refractivity contribution in [2.24, 2.45) is 0 Å². The Morgan fingerprint density at radius 1 is 1.33 bits per heavy atom. The lowest BCUT2D eigenvalue weighted by Gasteiger charge is -2.38. The van der Waals surface area contributed by atoms with E-state index in [1.165, 1.54) is 42.9 Å². The zero-order valence-electron chi connectivity index (χ0n) is 9.87. The van der Waals surface area contributed by atoms with Gasteiger partial charge in [0, 0.05) is 11.8 Å². The minimum absolute atomic E-state index is 0.0689. The average Bonchev–Trinajstić information content (AvgIpc) is 2.88. The van der Waals surface area contributed by atoms with Crippen LogP contribution in [0.15, 0.2) is 0 Å². The van der Waals surface area contributed by atoms with E-state index in [2.05, 4.69) is 12.2 Å². The van der Waals surface area contributed by atoms with Crippen LogP contribution < -0.4 is 5.32 Å². The highest BCUT2D eigenvalue weighted by Crippen LogP contribution is 2.54. The molecule has 0 aromatic heterocycles. The van der Waals surface area contributed by atoms with Gasteiger partial charge in [-0.25, -0.2) is 10.0 Å². The van der Waals surface area contributed by atoms with Crippen molar-refractivity contribution in [3.63, 3.8) is 0 Å². The second-order valence-corrected chi connectivity index (χ2v) is 9.24. The van der Waals surface area contributed by atoms with Crippen molar-refractivity contribution >= 4 is 10.0 Å². The summed E-state index contributed by atoms with van der Waals surface area (Å²) >= 11 is 0. The van der Waals surface area contributed by atoms with Crippen molar-refractivity contribution in [2.45, 2.75) is 44.8 Å². The van der Waals surface area contributed by atoms with Gasteiger partial charge in [0.1, 0.15) is 0 Å². The van der Waals surface area contributed by atoms with Crippen molar-refractivity contribution in [2.75, 3.05) is 29.6 Å². The van der Waals surface area contributed by atoms with Gasteiger partial charge in [0.25, 0.3) is 0 Å². The Morgan fingerprint density at radius 2 is 2.07 bits per heavy atom. The molecule has 3 heteroatoms. The van der Waals surface area contributed by atoms with E-state index < -0.39 is 10.0 Å². The van der Waals surface area contributed by atoms with Crippen LogP contribution in [0, 0.1) is 0 Å². The van der Waals surface area contributed by atoms with Gasteiger partial charge in [-0.15, -0.1) is 0 Å². The molecule has 90 valence electrons. The first-order valence-corrected chi connectivity index (χ1v) is 8.72. The molecule has 2 unspecified atom stereocenters. The molecule has 2 aliphatic rings. The van der Waals surface area contributed by atoms with Crippen LogP contribution in [0.5, 0.6) is 0 Å². The molecular formula is C12H25NOS. The molecule has 2 atom stereocenters. The lowest BCUT2D eigenvalue weighted by Crippen LogP contribution is -2.39. The number of hydrogen-bond donors (Lipinski definition) is 2. The molecular weight excluding hydrogens is 206 g/mol. The smallest absolute Gasteiger partial charge is 0.0768 e. The van der Waals surface area contributed by atoms with Gasteiger partial charge in [-0.3, -0.25) is 0 Å². The van der Waals surface area contributed by atoms with Crippen LogP contribution in [0.3, 0.4) is 0 Å². The second-order valence-electron chi connectivity index (χ2n) is 5.07. The average molecular weight is 231 g/mol. The molecule has 15 heavy (non-hydrogen) atoms. The Labute approximate surface area is 95.1 Å². The van der Waals surface area contributed by atoms with E-state index in [9.17, 15) is 5.11 Å². The summed E-state index contributed by atoms with van der Waals surface area (Å²) in [6.45, 7) is 3.44. The van der Waals surface area contributed by atoms with Gasteiger partial charge in [-0.1, -0.05) is 6.92 Å². The van der Waals surface area contributed by atoms with Gasteiger partial charge < -0.3 is 10.4 Å². The fourth-order valence-corrected chi connectivity index (χ4v) is 6.95. The topological polar surface area (TPSA) is 32.3 Å². The summed E-state index contributed by atoms with van der Waals surface area (Å²) in [4.78, 5) is 0. The molecule has 2 nitrogen and oxygen atoms in total. The van der Waals surface area contributed by atoms with Gasteiger partial charge >= 0.3 is 0 Å². The number of aliphatic hydroxyl groups excluding tert-OH is 1. The van der Waals surface area contributed by atoms with Gasteiger partial charge in [0.2, 0.25) is 0 Å². The summed E-state index contributed by atoms with van der Waals surface area (Å²) in [5.74, 6) is 5.29. The van der Waals surface area contributed by atoms with E-state index in [-0.39, 0.29) is 6.10 Å². The first-order chi connectivity index (χ1) is 7.26. The third kappa shape index (κ3) is 2.69. The van der Waals surface area contributed by atoms with E-state index in [4.69, 9.17) is 0 Å². The molecule has 0 bridgehead atoms. The minimum Gasteiger partial charge on any atom is -0.391 e. The van der Waals surface area contributed by atoms with Crippen molar-refractivity contribution < 1.29 is 5.11 Å². The highest BCUT2D eigenvalue weighted by molar-refractivity contribution is 8.33.